The van der Waals surface area contributed by atoms with Crippen LogP contribution in [0.15, 0.2) is 24.3 Å². The fourth-order valence-electron chi connectivity index (χ4n) is 1.82. The Kier molecular flexibility index (Phi) is 7.22. The fourth-order valence-corrected chi connectivity index (χ4v) is 1.95. The number of unbranched alkanes of at least 4 members (excludes halogenated alkanes) is 1. The van der Waals surface area contributed by atoms with Crippen molar-refractivity contribution in [3.05, 3.63) is 34.9 Å². The summed E-state index contributed by atoms with van der Waals surface area (Å²) in [5.74, 6) is -0.354. The maximum absolute atomic E-state index is 12.2. The van der Waals surface area contributed by atoms with Crippen molar-refractivity contribution in [3.8, 4) is 0 Å². The van der Waals surface area contributed by atoms with E-state index < -0.39 is 12.1 Å². The average Bonchev–Trinajstić information content (AvgIpc) is 2.45. The summed E-state index contributed by atoms with van der Waals surface area (Å²) < 4.78 is 4.75. The van der Waals surface area contributed by atoms with Crippen molar-refractivity contribution >= 4 is 23.9 Å². The molecule has 0 spiro atoms. The normalized spacial score (nSPS) is 13.6. The fraction of sp³-hybridized carbons (Fsp3) is 0.429. The van der Waals surface area contributed by atoms with E-state index in [-0.39, 0.29) is 5.78 Å². The first-order chi connectivity index (χ1) is 9.60. The first-order valence-electron chi connectivity index (χ1n) is 6.37. The van der Waals surface area contributed by atoms with Gasteiger partial charge >= 0.3 is 6.47 Å². The average molecular weight is 298 g/mol. The van der Waals surface area contributed by atoms with Gasteiger partial charge in [-0.05, 0) is 31.5 Å². The molecule has 0 fully saturated rings. The molecule has 0 aliphatic heterocycles. The van der Waals surface area contributed by atoms with Gasteiger partial charge in [0.15, 0.2) is 11.9 Å². The molecule has 0 aliphatic carbocycles. The van der Waals surface area contributed by atoms with Gasteiger partial charge in [-0.1, -0.05) is 30.2 Å². The van der Waals surface area contributed by atoms with E-state index in [9.17, 15) is 9.59 Å². The van der Waals surface area contributed by atoms with Gasteiger partial charge in [-0.3, -0.25) is 4.79 Å². The van der Waals surface area contributed by atoms with Crippen molar-refractivity contribution in [3.63, 3.8) is 0 Å². The van der Waals surface area contributed by atoms with Gasteiger partial charge in [0.2, 0.25) is 0 Å². The van der Waals surface area contributed by atoms with E-state index in [4.69, 9.17) is 27.8 Å². The predicted octanol–water partition coefficient (Wildman–Crippen LogP) is 1.49. The number of Topliss-reactive ketones (excluding diaryl/α,β-unsaturated/α-hetero) is 1. The molecule has 1 aromatic carbocycles. The predicted molar refractivity (Wildman–Crippen MR) is 76.9 cm³/mol. The van der Waals surface area contributed by atoms with Gasteiger partial charge in [-0.15, -0.1) is 0 Å². The molecule has 0 bridgehead atoms. The third-order valence-electron chi connectivity index (χ3n) is 2.93. The van der Waals surface area contributed by atoms with Gasteiger partial charge < -0.3 is 16.2 Å². The Bertz CT molecular complexity index is 437. The van der Waals surface area contributed by atoms with Crippen LogP contribution in [-0.4, -0.2) is 24.8 Å². The highest BCUT2D eigenvalue weighted by atomic mass is 35.5. The molecule has 1 aromatic rings. The third-order valence-corrected chi connectivity index (χ3v) is 3.18. The number of carbonyl (C=O) groups excluding carboxylic acids is 2. The summed E-state index contributed by atoms with van der Waals surface area (Å²) in [6.45, 7) is 1.86. The van der Waals surface area contributed by atoms with E-state index in [0.29, 0.717) is 23.6 Å². The first-order valence-corrected chi connectivity index (χ1v) is 6.75. The monoisotopic (exact) mass is 297 g/mol. The Balaban J connectivity index is 2.76. The lowest BCUT2D eigenvalue weighted by molar-refractivity contribution is -0.128. The van der Waals surface area contributed by atoms with E-state index >= 15 is 0 Å². The highest BCUT2D eigenvalue weighted by molar-refractivity contribution is 6.30. The van der Waals surface area contributed by atoms with Crippen LogP contribution in [0.3, 0.4) is 0 Å². The Hall–Kier alpha value is -1.43. The molecule has 2 atom stereocenters. The molecular formula is C14H18ClN2O3. The summed E-state index contributed by atoms with van der Waals surface area (Å²) >= 11 is 5.78. The number of rotatable bonds is 9. The van der Waals surface area contributed by atoms with E-state index in [2.05, 4.69) is 0 Å². The lowest BCUT2D eigenvalue weighted by Crippen LogP contribution is -2.35. The molecule has 1 radical (unpaired) electrons. The smallest absolute Gasteiger partial charge is 0.418 e. The molecule has 4 N–H and O–H groups in total. The zero-order valence-corrected chi connectivity index (χ0v) is 11.8. The van der Waals surface area contributed by atoms with Gasteiger partial charge in [-0.25, -0.2) is 4.79 Å². The van der Waals surface area contributed by atoms with Crippen LogP contribution in [0.5, 0.6) is 0 Å². The maximum Gasteiger partial charge on any atom is 0.418 e. The van der Waals surface area contributed by atoms with Crippen molar-refractivity contribution in [2.24, 2.45) is 11.5 Å². The van der Waals surface area contributed by atoms with Gasteiger partial charge in [-0.2, -0.15) is 0 Å². The molecule has 1 unspecified atom stereocenters. The number of ether oxygens (including phenoxy) is 1. The molecule has 6 heteroatoms. The van der Waals surface area contributed by atoms with Gasteiger partial charge in [0, 0.05) is 10.6 Å². The van der Waals surface area contributed by atoms with Crippen LogP contribution in [0, 0.1) is 0 Å². The molecule has 1 rings (SSSR count). The van der Waals surface area contributed by atoms with E-state index in [1.165, 1.54) is 6.47 Å². The third kappa shape index (κ3) is 4.92. The van der Waals surface area contributed by atoms with Gasteiger partial charge in [0.05, 0.1) is 6.04 Å². The topological polar surface area (TPSA) is 95.4 Å². The highest BCUT2D eigenvalue weighted by Gasteiger charge is 2.27. The van der Waals surface area contributed by atoms with Gasteiger partial charge in [0.25, 0.3) is 0 Å². The zero-order chi connectivity index (χ0) is 15.0. The van der Waals surface area contributed by atoms with E-state index in [1.807, 2.05) is 0 Å². The van der Waals surface area contributed by atoms with Crippen LogP contribution >= 0.6 is 11.6 Å². The second-order valence-electron chi connectivity index (χ2n) is 4.43. The van der Waals surface area contributed by atoms with Crippen LogP contribution in [0.4, 0.5) is 0 Å². The lowest BCUT2D eigenvalue weighted by atomic mass is 9.97. The van der Waals surface area contributed by atoms with Crippen molar-refractivity contribution in [2.45, 2.75) is 31.4 Å². The van der Waals surface area contributed by atoms with Crippen molar-refractivity contribution in [1.29, 1.82) is 0 Å². The highest BCUT2D eigenvalue weighted by Crippen LogP contribution is 2.22. The molecule has 0 saturated carbocycles. The molecule has 0 aliphatic rings. The molecule has 0 aromatic heterocycles. The van der Waals surface area contributed by atoms with Crippen molar-refractivity contribution in [2.75, 3.05) is 6.54 Å². The molecule has 0 amide bonds. The minimum Gasteiger partial charge on any atom is -0.441 e. The number of hydrogen-bond donors (Lipinski definition) is 2. The Labute approximate surface area is 123 Å². The van der Waals surface area contributed by atoms with Gasteiger partial charge in [0.1, 0.15) is 0 Å². The second-order valence-corrected chi connectivity index (χ2v) is 4.86. The van der Waals surface area contributed by atoms with Crippen molar-refractivity contribution < 1.29 is 14.3 Å². The molecule has 0 saturated heterocycles. The molecular weight excluding hydrogens is 280 g/mol. The molecule has 20 heavy (non-hydrogen) atoms. The van der Waals surface area contributed by atoms with Crippen molar-refractivity contribution in [1.82, 2.24) is 0 Å². The second kappa shape index (κ2) is 8.68. The molecule has 5 nitrogen and oxygen atoms in total. The number of nitrogens with two attached hydrogens (primary N) is 2. The zero-order valence-electron chi connectivity index (χ0n) is 11.0. The minimum atomic E-state index is -1.04. The van der Waals surface area contributed by atoms with E-state index in [1.54, 1.807) is 24.3 Å². The van der Waals surface area contributed by atoms with Crippen LogP contribution in [0.2, 0.25) is 5.02 Å². The summed E-state index contributed by atoms with van der Waals surface area (Å²) in [6, 6.07) is 5.77. The molecule has 0 heterocycles. The lowest BCUT2D eigenvalue weighted by Gasteiger charge is -2.18. The quantitative estimate of drug-likeness (QED) is 0.673. The Morgan fingerprint density at radius 3 is 2.50 bits per heavy atom. The number of halogens is 1. The van der Waals surface area contributed by atoms with Crippen LogP contribution < -0.4 is 11.5 Å². The summed E-state index contributed by atoms with van der Waals surface area (Å²) in [6.07, 6.45) is 1.01. The van der Waals surface area contributed by atoms with Crippen LogP contribution in [0.25, 0.3) is 0 Å². The summed E-state index contributed by atoms with van der Waals surface area (Å²) in [5, 5.41) is 0.530. The summed E-state index contributed by atoms with van der Waals surface area (Å²) in [4.78, 5) is 22.7. The Morgan fingerprint density at radius 1 is 1.30 bits per heavy atom. The number of carbonyl (C=O) groups is 1. The SMILES string of the molecule is NCCCC[C@H](N)C(=O)C(O[C]=O)c1ccc(Cl)cc1. The number of ketones is 1. The maximum atomic E-state index is 12.2. The minimum absolute atomic E-state index is 0.354. The summed E-state index contributed by atoms with van der Waals surface area (Å²) in [5.41, 5.74) is 11.7. The standard InChI is InChI=1S/C14H18ClN2O3/c15-11-6-4-10(5-7-11)14(20-9-18)13(19)12(17)3-1-2-8-16/h4-7,12,14H,1-3,8,16-17H2/t12-,14?/m0/s1. The summed E-state index contributed by atoms with van der Waals surface area (Å²) in [7, 11) is 0. The Morgan fingerprint density at radius 2 is 1.95 bits per heavy atom. The molecule has 109 valence electrons. The van der Waals surface area contributed by atoms with Crippen LogP contribution in [0.1, 0.15) is 30.9 Å². The largest absolute Gasteiger partial charge is 0.441 e. The van der Waals surface area contributed by atoms with Crippen LogP contribution in [-0.2, 0) is 14.3 Å². The van der Waals surface area contributed by atoms with E-state index in [0.717, 1.165) is 12.8 Å². The number of hydrogen-bond acceptors (Lipinski definition) is 5. The first kappa shape index (κ1) is 16.6. The number of benzene rings is 1.